The van der Waals surface area contributed by atoms with Gasteiger partial charge in [0.2, 0.25) is 0 Å². The van der Waals surface area contributed by atoms with Gasteiger partial charge in [-0.15, -0.1) is 0 Å². The molecule has 9 heteroatoms. The van der Waals surface area contributed by atoms with Gasteiger partial charge in [-0.25, -0.2) is 13.2 Å². The summed E-state index contributed by atoms with van der Waals surface area (Å²) in [6.07, 6.45) is 5.87. The predicted molar refractivity (Wildman–Crippen MR) is 92.0 cm³/mol. The molecule has 0 aliphatic carbocycles. The van der Waals surface area contributed by atoms with Crippen LogP contribution in [-0.2, 0) is 19.7 Å². The molecule has 0 amide bonds. The molecule has 0 N–H and O–H groups in total. The number of carbonyl (C=O) groups is 1. The molecule has 0 saturated carbocycles. The predicted octanol–water partition coefficient (Wildman–Crippen LogP) is 3.20. The lowest BCUT2D eigenvalue weighted by Gasteiger charge is -2.19. The van der Waals surface area contributed by atoms with E-state index in [2.05, 4.69) is 0 Å². The molecule has 0 saturated heterocycles. The minimum atomic E-state index is -4.10. The van der Waals surface area contributed by atoms with E-state index in [-0.39, 0.29) is 17.1 Å². The van der Waals surface area contributed by atoms with E-state index >= 15 is 0 Å². The second-order valence-corrected chi connectivity index (χ2v) is 7.07. The minimum absolute atomic E-state index is 0.0200. The maximum atomic E-state index is 12.6. The zero-order valence-corrected chi connectivity index (χ0v) is 15.1. The Kier molecular flexibility index (Phi) is 8.23. The molecule has 0 atom stereocenters. The maximum absolute atomic E-state index is 12.6. The fraction of sp³-hybridized carbons (Fsp3) is 0.438. The van der Waals surface area contributed by atoms with Crippen molar-refractivity contribution in [3.8, 4) is 0 Å². The Morgan fingerprint density at radius 3 is 2.40 bits per heavy atom. The second kappa shape index (κ2) is 9.90. The summed E-state index contributed by atoms with van der Waals surface area (Å²) in [4.78, 5) is 26.6. The van der Waals surface area contributed by atoms with Crippen molar-refractivity contribution in [1.82, 2.24) is 4.47 Å². The van der Waals surface area contributed by atoms with Crippen LogP contribution in [0, 0.1) is 10.1 Å². The van der Waals surface area contributed by atoms with Crippen LogP contribution in [0.4, 0.5) is 5.69 Å². The Labute approximate surface area is 147 Å². The van der Waals surface area contributed by atoms with Crippen LogP contribution in [0.15, 0.2) is 41.3 Å². The number of hydrogen-bond donors (Lipinski definition) is 0. The zero-order chi connectivity index (χ0) is 18.9. The molecular formula is C16H22N2O6S. The van der Waals surface area contributed by atoms with Crippen molar-refractivity contribution >= 4 is 21.7 Å². The van der Waals surface area contributed by atoms with Crippen LogP contribution in [-0.4, -0.2) is 30.3 Å². The second-order valence-electron chi connectivity index (χ2n) is 5.24. The Morgan fingerprint density at radius 2 is 1.88 bits per heavy atom. The summed E-state index contributed by atoms with van der Waals surface area (Å²) < 4.78 is 25.8. The SMILES string of the molecule is CCCCC=CC(=O)ON(CCC)S(=O)(=O)c1ccc([N+](=O)[O-])cc1. The molecule has 0 aromatic heterocycles. The normalized spacial score (nSPS) is 11.8. The van der Waals surface area contributed by atoms with Gasteiger partial charge < -0.3 is 4.84 Å². The first kappa shape index (κ1) is 20.8. The third-order valence-corrected chi connectivity index (χ3v) is 4.85. The van der Waals surface area contributed by atoms with Gasteiger partial charge in [-0.05, 0) is 29.4 Å². The smallest absolute Gasteiger partial charge is 0.349 e. The third-order valence-electron chi connectivity index (χ3n) is 3.19. The number of nitro groups is 1. The molecule has 0 unspecified atom stereocenters. The van der Waals surface area contributed by atoms with Crippen molar-refractivity contribution in [2.75, 3.05) is 6.54 Å². The zero-order valence-electron chi connectivity index (χ0n) is 14.3. The van der Waals surface area contributed by atoms with E-state index in [4.69, 9.17) is 4.84 Å². The standard InChI is InChI=1S/C16H22N2O6S/c1-3-5-6-7-8-16(19)24-17(13-4-2)25(22,23)15-11-9-14(10-12-15)18(20)21/h7-12H,3-6,13H2,1-2H3. The molecule has 0 fully saturated rings. The summed E-state index contributed by atoms with van der Waals surface area (Å²) in [6.45, 7) is 3.74. The highest BCUT2D eigenvalue weighted by atomic mass is 32.2. The fourth-order valence-electron chi connectivity index (χ4n) is 1.89. The molecule has 0 spiro atoms. The van der Waals surface area contributed by atoms with E-state index < -0.39 is 20.9 Å². The first-order valence-electron chi connectivity index (χ1n) is 7.98. The van der Waals surface area contributed by atoms with Crippen molar-refractivity contribution in [2.24, 2.45) is 0 Å². The summed E-state index contributed by atoms with van der Waals surface area (Å²) in [6, 6.07) is 4.40. The summed E-state index contributed by atoms with van der Waals surface area (Å²) in [5.41, 5.74) is -0.225. The molecule has 1 rings (SSSR count). The molecule has 138 valence electrons. The quantitative estimate of drug-likeness (QED) is 0.271. The molecule has 1 aromatic rings. The van der Waals surface area contributed by atoms with Gasteiger partial charge in [0.1, 0.15) is 0 Å². The number of rotatable bonds is 10. The highest BCUT2D eigenvalue weighted by molar-refractivity contribution is 7.89. The lowest BCUT2D eigenvalue weighted by molar-refractivity contribution is -0.384. The van der Waals surface area contributed by atoms with Crippen LogP contribution in [0.2, 0.25) is 0 Å². The van der Waals surface area contributed by atoms with Gasteiger partial charge in [0.15, 0.2) is 0 Å². The van der Waals surface area contributed by atoms with Gasteiger partial charge >= 0.3 is 5.97 Å². The van der Waals surface area contributed by atoms with Crippen molar-refractivity contribution in [3.63, 3.8) is 0 Å². The molecule has 0 radical (unpaired) electrons. The van der Waals surface area contributed by atoms with Crippen LogP contribution in [0.5, 0.6) is 0 Å². The van der Waals surface area contributed by atoms with E-state index in [1.807, 2.05) is 6.92 Å². The van der Waals surface area contributed by atoms with Crippen LogP contribution >= 0.6 is 0 Å². The maximum Gasteiger partial charge on any atom is 0.350 e. The van der Waals surface area contributed by atoms with E-state index in [9.17, 15) is 23.3 Å². The number of benzene rings is 1. The number of nitro benzene ring substituents is 1. The van der Waals surface area contributed by atoms with E-state index in [1.54, 1.807) is 13.0 Å². The lowest BCUT2D eigenvalue weighted by atomic mass is 10.2. The molecule has 0 heterocycles. The number of nitrogens with zero attached hydrogens (tertiary/aromatic N) is 2. The summed E-state index contributed by atoms with van der Waals surface area (Å²) in [5, 5.41) is 10.7. The number of sulfonamides is 1. The van der Waals surface area contributed by atoms with Crippen LogP contribution in [0.25, 0.3) is 0 Å². The van der Waals surface area contributed by atoms with Gasteiger partial charge in [0.25, 0.3) is 15.7 Å². The third kappa shape index (κ3) is 6.28. The largest absolute Gasteiger partial charge is 0.350 e. The number of allylic oxidation sites excluding steroid dienone is 1. The molecular weight excluding hydrogens is 348 g/mol. The number of hydrogen-bond acceptors (Lipinski definition) is 6. The number of unbranched alkanes of at least 4 members (excludes halogenated alkanes) is 2. The van der Waals surface area contributed by atoms with E-state index in [1.165, 1.54) is 6.08 Å². The van der Waals surface area contributed by atoms with Crippen LogP contribution in [0.3, 0.4) is 0 Å². The molecule has 0 bridgehead atoms. The lowest BCUT2D eigenvalue weighted by Crippen LogP contribution is -2.33. The monoisotopic (exact) mass is 370 g/mol. The van der Waals surface area contributed by atoms with Crippen molar-refractivity contribution in [1.29, 1.82) is 0 Å². The van der Waals surface area contributed by atoms with Crippen LogP contribution in [0.1, 0.15) is 39.5 Å². The fourth-order valence-corrected chi connectivity index (χ4v) is 3.20. The average Bonchev–Trinajstić information content (AvgIpc) is 2.58. The number of carbonyl (C=O) groups excluding carboxylic acids is 1. The van der Waals surface area contributed by atoms with Gasteiger partial charge in [-0.2, -0.15) is 0 Å². The molecule has 0 aliphatic rings. The minimum Gasteiger partial charge on any atom is -0.349 e. The first-order chi connectivity index (χ1) is 11.8. The van der Waals surface area contributed by atoms with Gasteiger partial charge in [0.05, 0.1) is 16.4 Å². The van der Waals surface area contributed by atoms with Gasteiger partial charge in [-0.1, -0.05) is 32.8 Å². The average molecular weight is 370 g/mol. The van der Waals surface area contributed by atoms with E-state index in [0.29, 0.717) is 17.3 Å². The number of non-ortho nitro benzene ring substituents is 1. The first-order valence-corrected chi connectivity index (χ1v) is 9.42. The highest BCUT2D eigenvalue weighted by Gasteiger charge is 2.27. The van der Waals surface area contributed by atoms with Crippen molar-refractivity contribution in [3.05, 3.63) is 46.5 Å². The van der Waals surface area contributed by atoms with Gasteiger partial charge in [0, 0.05) is 18.2 Å². The molecule has 8 nitrogen and oxygen atoms in total. The summed E-state index contributed by atoms with van der Waals surface area (Å²) in [7, 11) is -4.10. The van der Waals surface area contributed by atoms with Gasteiger partial charge in [-0.3, -0.25) is 10.1 Å². The molecule has 0 aliphatic heterocycles. The molecule has 1 aromatic carbocycles. The Balaban J connectivity index is 2.93. The number of hydroxylamine groups is 1. The Hall–Kier alpha value is -2.26. The van der Waals surface area contributed by atoms with Crippen molar-refractivity contribution in [2.45, 2.75) is 44.4 Å². The Morgan fingerprint density at radius 1 is 1.24 bits per heavy atom. The summed E-state index contributed by atoms with van der Waals surface area (Å²) in [5.74, 6) is -0.782. The topological polar surface area (TPSA) is 107 Å². The highest BCUT2D eigenvalue weighted by Crippen LogP contribution is 2.20. The Bertz CT molecular complexity index is 713. The summed E-state index contributed by atoms with van der Waals surface area (Å²) >= 11 is 0. The van der Waals surface area contributed by atoms with Crippen LogP contribution < -0.4 is 0 Å². The molecule has 25 heavy (non-hydrogen) atoms. The van der Waals surface area contributed by atoms with Crippen molar-refractivity contribution < 1.29 is 23.0 Å². The van der Waals surface area contributed by atoms with E-state index in [0.717, 1.165) is 37.1 Å².